The molecule has 1 aromatic rings. The Hall–Kier alpha value is -1.53. The van der Waals surface area contributed by atoms with Crippen LogP contribution in [0, 0.1) is 15.9 Å². The van der Waals surface area contributed by atoms with Crippen LogP contribution < -0.4 is 0 Å². The molecule has 6 heteroatoms. The molecule has 0 fully saturated rings. The van der Waals surface area contributed by atoms with Gasteiger partial charge in [-0.25, -0.2) is 4.39 Å². The molecular formula is C12H17FN2O3. The van der Waals surface area contributed by atoms with E-state index in [1.54, 1.807) is 7.05 Å². The number of aliphatic hydroxyl groups excluding tert-OH is 1. The van der Waals surface area contributed by atoms with Gasteiger partial charge in [-0.3, -0.25) is 15.0 Å². The highest BCUT2D eigenvalue weighted by Gasteiger charge is 2.23. The Kier molecular flexibility index (Phi) is 4.37. The fourth-order valence-electron chi connectivity index (χ4n) is 1.44. The monoisotopic (exact) mass is 256 g/mol. The van der Waals surface area contributed by atoms with Gasteiger partial charge in [0.1, 0.15) is 5.82 Å². The quantitative estimate of drug-likeness (QED) is 0.645. The number of hydrogen-bond acceptors (Lipinski definition) is 4. The molecule has 1 rings (SSSR count). The van der Waals surface area contributed by atoms with E-state index in [1.165, 1.54) is 12.1 Å². The maximum absolute atomic E-state index is 13.2. The van der Waals surface area contributed by atoms with Crippen LogP contribution in [0.15, 0.2) is 18.2 Å². The van der Waals surface area contributed by atoms with Crippen LogP contribution in [0.1, 0.15) is 19.4 Å². The molecule has 0 unspecified atom stereocenters. The van der Waals surface area contributed by atoms with Gasteiger partial charge in [-0.1, -0.05) is 0 Å². The number of nitrogens with zero attached hydrogens (tertiary/aromatic N) is 2. The first kappa shape index (κ1) is 14.5. The minimum Gasteiger partial charge on any atom is -0.394 e. The van der Waals surface area contributed by atoms with Crippen molar-refractivity contribution in [1.82, 2.24) is 4.90 Å². The van der Waals surface area contributed by atoms with Crippen LogP contribution in [-0.4, -0.2) is 34.1 Å². The highest BCUT2D eigenvalue weighted by Crippen LogP contribution is 2.20. The Labute approximate surface area is 105 Å². The first-order chi connectivity index (χ1) is 8.26. The molecule has 0 aliphatic carbocycles. The molecule has 5 nitrogen and oxygen atoms in total. The van der Waals surface area contributed by atoms with Gasteiger partial charge in [0.05, 0.1) is 17.6 Å². The largest absolute Gasteiger partial charge is 0.394 e. The molecule has 0 aromatic heterocycles. The summed E-state index contributed by atoms with van der Waals surface area (Å²) in [5.74, 6) is -0.630. The number of nitro benzene ring substituents is 1. The topological polar surface area (TPSA) is 66.6 Å². The molecule has 100 valence electrons. The number of aliphatic hydroxyl groups is 1. The zero-order chi connectivity index (χ0) is 13.9. The molecule has 0 radical (unpaired) electrons. The second-order valence-corrected chi connectivity index (χ2v) is 4.90. The third-order valence-electron chi connectivity index (χ3n) is 2.99. The van der Waals surface area contributed by atoms with E-state index in [4.69, 9.17) is 0 Å². The zero-order valence-corrected chi connectivity index (χ0v) is 10.7. The van der Waals surface area contributed by atoms with Crippen molar-refractivity contribution in [2.45, 2.75) is 25.9 Å². The highest BCUT2D eigenvalue weighted by molar-refractivity contribution is 5.35. The van der Waals surface area contributed by atoms with Crippen LogP contribution in [0.4, 0.5) is 10.1 Å². The maximum atomic E-state index is 13.2. The molecule has 18 heavy (non-hydrogen) atoms. The molecule has 1 aromatic carbocycles. The number of halogens is 1. The van der Waals surface area contributed by atoms with E-state index in [0.717, 1.165) is 6.07 Å². The Balaban J connectivity index is 2.94. The lowest BCUT2D eigenvalue weighted by Gasteiger charge is -2.33. The molecule has 0 spiro atoms. The summed E-state index contributed by atoms with van der Waals surface area (Å²) < 4.78 is 13.2. The van der Waals surface area contributed by atoms with Crippen LogP contribution in [0.25, 0.3) is 0 Å². The van der Waals surface area contributed by atoms with Crippen LogP contribution in [0.3, 0.4) is 0 Å². The van der Waals surface area contributed by atoms with E-state index in [1.807, 2.05) is 18.7 Å². The first-order valence-corrected chi connectivity index (χ1v) is 5.52. The fraction of sp³-hybridized carbons (Fsp3) is 0.500. The summed E-state index contributed by atoms with van der Waals surface area (Å²) in [6.45, 7) is 3.94. The van der Waals surface area contributed by atoms with E-state index < -0.39 is 16.3 Å². The third-order valence-corrected chi connectivity index (χ3v) is 2.99. The van der Waals surface area contributed by atoms with Gasteiger partial charge in [0.2, 0.25) is 0 Å². The standard InChI is InChI=1S/C12H17FN2O3/c1-12(2,8-16)14(3)7-9-4-10(13)6-11(5-9)15(17)18/h4-6,16H,7-8H2,1-3H3. The van der Waals surface area contributed by atoms with Crippen molar-refractivity contribution < 1.29 is 14.4 Å². The first-order valence-electron chi connectivity index (χ1n) is 5.52. The molecule has 0 heterocycles. The zero-order valence-electron chi connectivity index (χ0n) is 10.7. The van der Waals surface area contributed by atoms with Gasteiger partial charge < -0.3 is 5.11 Å². The predicted molar refractivity (Wildman–Crippen MR) is 65.7 cm³/mol. The van der Waals surface area contributed by atoms with Gasteiger partial charge in [-0.15, -0.1) is 0 Å². The molecule has 0 aliphatic rings. The van der Waals surface area contributed by atoms with Crippen molar-refractivity contribution in [3.8, 4) is 0 Å². The van der Waals surface area contributed by atoms with Crippen LogP contribution in [0.5, 0.6) is 0 Å². The average Bonchev–Trinajstić information content (AvgIpc) is 2.28. The molecule has 0 saturated heterocycles. The average molecular weight is 256 g/mol. The van der Waals surface area contributed by atoms with Crippen LogP contribution in [-0.2, 0) is 6.54 Å². The molecule has 0 bridgehead atoms. The fourth-order valence-corrected chi connectivity index (χ4v) is 1.44. The predicted octanol–water partition coefficient (Wildman–Crippen LogP) is 1.94. The van der Waals surface area contributed by atoms with Gasteiger partial charge in [0.15, 0.2) is 0 Å². The summed E-state index contributed by atoms with van der Waals surface area (Å²) in [4.78, 5) is 11.8. The number of benzene rings is 1. The number of likely N-dealkylation sites (N-methyl/N-ethyl adjacent to an activating group) is 1. The molecule has 1 N–H and O–H groups in total. The number of non-ortho nitro benzene ring substituents is 1. The third kappa shape index (κ3) is 3.48. The minimum absolute atomic E-state index is 0.0547. The smallest absolute Gasteiger partial charge is 0.272 e. The summed E-state index contributed by atoms with van der Waals surface area (Å²) >= 11 is 0. The lowest BCUT2D eigenvalue weighted by molar-refractivity contribution is -0.385. The lowest BCUT2D eigenvalue weighted by Crippen LogP contribution is -2.43. The van der Waals surface area contributed by atoms with Crippen LogP contribution in [0.2, 0.25) is 0 Å². The van der Waals surface area contributed by atoms with Crippen molar-refractivity contribution in [3.05, 3.63) is 39.7 Å². The van der Waals surface area contributed by atoms with Gasteiger partial charge in [0.25, 0.3) is 5.69 Å². The summed E-state index contributed by atoms with van der Waals surface area (Å²) in [5.41, 5.74) is -0.230. The van der Waals surface area contributed by atoms with Crippen molar-refractivity contribution in [1.29, 1.82) is 0 Å². The van der Waals surface area contributed by atoms with E-state index in [9.17, 15) is 19.6 Å². The molecule has 0 atom stereocenters. The Morgan fingerprint density at radius 3 is 2.56 bits per heavy atom. The summed E-state index contributed by atoms with van der Waals surface area (Å²) in [5, 5.41) is 19.8. The summed E-state index contributed by atoms with van der Waals surface area (Å²) in [7, 11) is 1.77. The molecule has 0 saturated carbocycles. The second kappa shape index (κ2) is 5.41. The molecule has 0 aliphatic heterocycles. The Morgan fingerprint density at radius 1 is 1.44 bits per heavy atom. The van der Waals surface area contributed by atoms with Gasteiger partial charge in [-0.05, 0) is 32.5 Å². The van der Waals surface area contributed by atoms with Crippen molar-refractivity contribution in [2.24, 2.45) is 0 Å². The summed E-state index contributed by atoms with van der Waals surface area (Å²) in [6.07, 6.45) is 0. The second-order valence-electron chi connectivity index (χ2n) is 4.90. The molecule has 0 amide bonds. The van der Waals surface area contributed by atoms with Crippen molar-refractivity contribution in [3.63, 3.8) is 0 Å². The minimum atomic E-state index is -0.630. The van der Waals surface area contributed by atoms with E-state index in [2.05, 4.69) is 0 Å². The Morgan fingerprint density at radius 2 is 2.06 bits per heavy atom. The number of nitro groups is 1. The van der Waals surface area contributed by atoms with Gasteiger partial charge >= 0.3 is 0 Å². The van der Waals surface area contributed by atoms with Crippen molar-refractivity contribution >= 4 is 5.69 Å². The van der Waals surface area contributed by atoms with Gasteiger partial charge in [-0.2, -0.15) is 0 Å². The number of rotatable bonds is 5. The SMILES string of the molecule is CN(Cc1cc(F)cc([N+](=O)[O-])c1)C(C)(C)CO. The van der Waals surface area contributed by atoms with Gasteiger partial charge in [0, 0.05) is 18.2 Å². The van der Waals surface area contributed by atoms with Crippen LogP contribution >= 0.6 is 0 Å². The Bertz CT molecular complexity index is 449. The summed E-state index contributed by atoms with van der Waals surface area (Å²) in [6, 6.07) is 3.49. The van der Waals surface area contributed by atoms with Crippen molar-refractivity contribution in [2.75, 3.05) is 13.7 Å². The van der Waals surface area contributed by atoms with E-state index in [-0.39, 0.29) is 12.3 Å². The number of hydrogen-bond donors (Lipinski definition) is 1. The van der Waals surface area contributed by atoms with E-state index in [0.29, 0.717) is 12.1 Å². The maximum Gasteiger partial charge on any atom is 0.272 e. The lowest BCUT2D eigenvalue weighted by atomic mass is 10.0. The normalized spacial score (nSPS) is 11.9. The molecular weight excluding hydrogens is 239 g/mol. The van der Waals surface area contributed by atoms with E-state index >= 15 is 0 Å². The highest BCUT2D eigenvalue weighted by atomic mass is 19.1.